The van der Waals surface area contributed by atoms with Crippen molar-refractivity contribution in [1.82, 2.24) is 15.2 Å². The fourth-order valence-corrected chi connectivity index (χ4v) is 3.53. The Morgan fingerprint density at radius 2 is 1.91 bits per heavy atom. The van der Waals surface area contributed by atoms with E-state index in [9.17, 15) is 33.1 Å². The minimum Gasteiger partial charge on any atom is -0.481 e. The van der Waals surface area contributed by atoms with Gasteiger partial charge in [0.15, 0.2) is 11.6 Å². The summed E-state index contributed by atoms with van der Waals surface area (Å²) in [5, 5.41) is 14.0. The number of aliphatic carboxylic acids is 1. The number of carbonyl (C=O) groups is 3. The van der Waals surface area contributed by atoms with Crippen LogP contribution in [0.15, 0.2) is 39.7 Å². The summed E-state index contributed by atoms with van der Waals surface area (Å²) in [5.41, 5.74) is -1.09. The van der Waals surface area contributed by atoms with Crippen molar-refractivity contribution >= 4 is 33.7 Å². The van der Waals surface area contributed by atoms with Crippen LogP contribution >= 0.6 is 15.9 Å². The molecule has 1 aromatic heterocycles. The number of nitrogens with one attached hydrogen (secondary N) is 2. The van der Waals surface area contributed by atoms with E-state index in [1.165, 1.54) is 36.0 Å². The lowest BCUT2D eigenvalue weighted by Crippen LogP contribution is -2.49. The number of carbonyl (C=O) groups excluding carboxylic acids is 2. The highest BCUT2D eigenvalue weighted by Gasteiger charge is 2.28. The second-order valence-electron chi connectivity index (χ2n) is 7.10. The molecule has 0 aliphatic heterocycles. The predicted molar refractivity (Wildman–Crippen MR) is 115 cm³/mol. The highest BCUT2D eigenvalue weighted by molar-refractivity contribution is 9.10. The summed E-state index contributed by atoms with van der Waals surface area (Å²) in [6.07, 6.45) is 1.39. The van der Waals surface area contributed by atoms with E-state index < -0.39 is 53.5 Å². The number of pyridine rings is 1. The van der Waals surface area contributed by atoms with Gasteiger partial charge in [-0.3, -0.25) is 19.2 Å². The Bertz CT molecular complexity index is 1090. The smallest absolute Gasteiger partial charge is 0.305 e. The molecule has 0 aliphatic carbocycles. The number of nitrogens with zero attached hydrogens (tertiary/aromatic N) is 1. The van der Waals surface area contributed by atoms with Crippen LogP contribution in [-0.4, -0.2) is 33.5 Å². The molecule has 2 rings (SSSR count). The quantitative estimate of drug-likeness (QED) is 0.445. The van der Waals surface area contributed by atoms with Gasteiger partial charge in [-0.15, -0.1) is 0 Å². The third-order valence-corrected chi connectivity index (χ3v) is 5.12. The third kappa shape index (κ3) is 6.22. The highest BCUT2D eigenvalue weighted by Crippen LogP contribution is 2.26. The molecule has 1 heterocycles. The van der Waals surface area contributed by atoms with Gasteiger partial charge in [0.05, 0.1) is 12.5 Å². The van der Waals surface area contributed by atoms with Crippen molar-refractivity contribution in [2.24, 2.45) is 7.05 Å². The summed E-state index contributed by atoms with van der Waals surface area (Å²) in [7, 11) is 1.47. The Kier molecular flexibility index (Phi) is 8.64. The molecule has 172 valence electrons. The molecular formula is C21H22BrF2N3O5. The van der Waals surface area contributed by atoms with E-state index in [1.807, 2.05) is 0 Å². The van der Waals surface area contributed by atoms with Gasteiger partial charge >= 0.3 is 5.97 Å². The van der Waals surface area contributed by atoms with E-state index in [4.69, 9.17) is 0 Å². The predicted octanol–water partition coefficient (Wildman–Crippen LogP) is 2.66. The number of aromatic nitrogens is 1. The molecule has 2 atom stereocenters. The SMILES string of the molecule is CCC[C@H](NC(=O)c1cccn(C)c1=O)C(=O)N[C@@H](CC(=O)O)c1cc(Br)cc(F)c1F. The fourth-order valence-electron chi connectivity index (χ4n) is 3.08. The lowest BCUT2D eigenvalue weighted by molar-refractivity contribution is -0.137. The molecule has 0 aliphatic rings. The van der Waals surface area contributed by atoms with E-state index in [2.05, 4.69) is 26.6 Å². The van der Waals surface area contributed by atoms with Gasteiger partial charge in [-0.05, 0) is 30.7 Å². The highest BCUT2D eigenvalue weighted by atomic mass is 79.9. The van der Waals surface area contributed by atoms with Crippen molar-refractivity contribution in [2.45, 2.75) is 38.3 Å². The van der Waals surface area contributed by atoms with Crippen LogP contribution in [0.2, 0.25) is 0 Å². The van der Waals surface area contributed by atoms with Gasteiger partial charge in [0.25, 0.3) is 11.5 Å². The van der Waals surface area contributed by atoms with Crippen LogP contribution in [0.3, 0.4) is 0 Å². The van der Waals surface area contributed by atoms with Gasteiger partial charge in [-0.1, -0.05) is 29.3 Å². The Labute approximate surface area is 190 Å². The van der Waals surface area contributed by atoms with Crippen LogP contribution in [0, 0.1) is 11.6 Å². The monoisotopic (exact) mass is 513 g/mol. The van der Waals surface area contributed by atoms with Crippen LogP contribution in [0.5, 0.6) is 0 Å². The number of benzene rings is 1. The molecular weight excluding hydrogens is 492 g/mol. The van der Waals surface area contributed by atoms with Gasteiger partial charge in [-0.2, -0.15) is 0 Å². The number of carboxylic acids is 1. The van der Waals surface area contributed by atoms with Gasteiger partial charge in [0.2, 0.25) is 5.91 Å². The first-order valence-corrected chi connectivity index (χ1v) is 10.5. The summed E-state index contributed by atoms with van der Waals surface area (Å²) >= 11 is 3.02. The van der Waals surface area contributed by atoms with Crippen LogP contribution in [0.4, 0.5) is 8.78 Å². The van der Waals surface area contributed by atoms with E-state index in [0.29, 0.717) is 6.42 Å². The molecule has 2 amide bonds. The average molecular weight is 514 g/mol. The summed E-state index contributed by atoms with van der Waals surface area (Å²) in [5.74, 6) is -5.42. The first-order chi connectivity index (χ1) is 15.0. The Balaban J connectivity index is 2.30. The molecule has 0 spiro atoms. The number of halogens is 3. The molecule has 3 N–H and O–H groups in total. The van der Waals surface area contributed by atoms with Crippen molar-refractivity contribution in [1.29, 1.82) is 0 Å². The number of hydrogen-bond acceptors (Lipinski definition) is 4. The summed E-state index contributed by atoms with van der Waals surface area (Å²) < 4.78 is 29.5. The van der Waals surface area contributed by atoms with E-state index in [0.717, 1.165) is 6.07 Å². The number of aryl methyl sites for hydroxylation is 1. The van der Waals surface area contributed by atoms with Crippen molar-refractivity contribution in [3.63, 3.8) is 0 Å². The molecule has 0 radical (unpaired) electrons. The van der Waals surface area contributed by atoms with Crippen LogP contribution in [-0.2, 0) is 16.6 Å². The standard InChI is InChI=1S/C21H22BrF2N3O5/c1-3-5-15(25-19(30)12-6-4-7-27(2)21(12)32)20(31)26-16(10-17(28)29)13-8-11(22)9-14(23)18(13)24/h4,6-9,15-16H,3,5,10H2,1-2H3,(H,25,30)(H,26,31)(H,28,29)/t15-,16-/m0/s1. The maximum absolute atomic E-state index is 14.3. The Hall–Kier alpha value is -3.08. The van der Waals surface area contributed by atoms with Gasteiger partial charge in [0, 0.05) is 23.3 Å². The zero-order chi connectivity index (χ0) is 24.0. The molecule has 0 saturated carbocycles. The van der Waals surface area contributed by atoms with Crippen molar-refractivity contribution < 1.29 is 28.3 Å². The van der Waals surface area contributed by atoms with E-state index in [-0.39, 0.29) is 22.0 Å². The average Bonchev–Trinajstić information content (AvgIpc) is 2.71. The maximum Gasteiger partial charge on any atom is 0.305 e. The minimum atomic E-state index is -1.40. The molecule has 32 heavy (non-hydrogen) atoms. The first kappa shape index (κ1) is 25.2. The van der Waals surface area contributed by atoms with E-state index >= 15 is 0 Å². The number of carboxylic acid groups (broad SMARTS) is 1. The minimum absolute atomic E-state index is 0.161. The topological polar surface area (TPSA) is 118 Å². The molecule has 11 heteroatoms. The van der Waals surface area contributed by atoms with E-state index in [1.54, 1.807) is 6.92 Å². The molecule has 0 unspecified atom stereocenters. The first-order valence-electron chi connectivity index (χ1n) is 9.68. The van der Waals surface area contributed by atoms with Crippen molar-refractivity contribution in [3.05, 3.63) is 68.1 Å². The second-order valence-corrected chi connectivity index (χ2v) is 8.02. The van der Waals surface area contributed by atoms with Crippen LogP contribution in [0.25, 0.3) is 0 Å². The largest absolute Gasteiger partial charge is 0.481 e. The lowest BCUT2D eigenvalue weighted by atomic mass is 10.0. The Morgan fingerprint density at radius 3 is 2.53 bits per heavy atom. The van der Waals surface area contributed by atoms with Crippen LogP contribution in [0.1, 0.15) is 48.1 Å². The molecule has 0 fully saturated rings. The van der Waals surface area contributed by atoms with Crippen LogP contribution < -0.4 is 16.2 Å². The molecule has 0 saturated heterocycles. The molecule has 0 bridgehead atoms. The molecule has 8 nitrogen and oxygen atoms in total. The normalized spacial score (nSPS) is 12.7. The van der Waals surface area contributed by atoms with Crippen molar-refractivity contribution in [2.75, 3.05) is 0 Å². The second kappa shape index (κ2) is 11.0. The lowest BCUT2D eigenvalue weighted by Gasteiger charge is -2.23. The fraction of sp³-hybridized carbons (Fsp3) is 0.333. The van der Waals surface area contributed by atoms with Gasteiger partial charge < -0.3 is 20.3 Å². The third-order valence-electron chi connectivity index (χ3n) is 4.66. The van der Waals surface area contributed by atoms with Gasteiger partial charge in [-0.25, -0.2) is 8.78 Å². The zero-order valence-electron chi connectivity index (χ0n) is 17.3. The van der Waals surface area contributed by atoms with Gasteiger partial charge in [0.1, 0.15) is 11.6 Å². The maximum atomic E-state index is 14.3. The summed E-state index contributed by atoms with van der Waals surface area (Å²) in [6.45, 7) is 1.76. The molecule has 2 aromatic rings. The number of rotatable bonds is 9. The van der Waals surface area contributed by atoms with Crippen molar-refractivity contribution in [3.8, 4) is 0 Å². The number of hydrogen-bond donors (Lipinski definition) is 3. The summed E-state index contributed by atoms with van der Waals surface area (Å²) in [6, 6.07) is 2.33. The zero-order valence-corrected chi connectivity index (χ0v) is 18.9. The number of amides is 2. The molecule has 1 aromatic carbocycles. The Morgan fingerprint density at radius 1 is 1.22 bits per heavy atom. The summed E-state index contributed by atoms with van der Waals surface area (Å²) in [4.78, 5) is 48.9.